The Bertz CT molecular complexity index is 3170. The molecular formula is C42H26O. The van der Waals surface area contributed by atoms with Crippen molar-refractivity contribution in [1.29, 1.82) is 0 Å². The molecule has 8 aromatic carbocycles. The summed E-state index contributed by atoms with van der Waals surface area (Å²) in [4.78, 5) is 0. The molecule has 0 unspecified atom stereocenters. The predicted octanol–water partition coefficient (Wildman–Crippen LogP) is 12.0. The van der Waals surface area contributed by atoms with E-state index in [4.69, 9.17) is 16.8 Å². The lowest BCUT2D eigenvalue weighted by Gasteiger charge is -2.19. The van der Waals surface area contributed by atoms with Gasteiger partial charge < -0.3 is 4.42 Å². The number of fused-ring (bicyclic) bond motifs is 6. The topological polar surface area (TPSA) is 13.1 Å². The minimum atomic E-state index is -0.564. The maximum Gasteiger partial charge on any atom is 0.136 e. The minimum Gasteiger partial charge on any atom is -0.456 e. The van der Waals surface area contributed by atoms with Crippen LogP contribution in [0.1, 0.15) is 17.8 Å². The van der Waals surface area contributed by atoms with Crippen LogP contribution >= 0.6 is 0 Å². The summed E-state index contributed by atoms with van der Waals surface area (Å²) in [6, 6.07) is 17.7. The monoisotopic (exact) mass is 559 g/mol. The third kappa shape index (κ3) is 3.72. The highest BCUT2D eigenvalue weighted by Crippen LogP contribution is 2.48. The fourth-order valence-corrected chi connectivity index (χ4v) is 5.99. The maximum atomic E-state index is 9.90. The molecule has 0 spiro atoms. The fourth-order valence-electron chi connectivity index (χ4n) is 5.99. The standard InChI is InChI=1S/C42H26O/c1-2-12-27(13-3-1)31-25-37(42-36-20-10-11-21-38(36)43-39(42)26-31)41-34-18-8-6-16-32(34)40(33-17-7-9-19-35(33)41)30-23-22-28-14-4-5-15-29(28)24-30/h1-26H/i4D,5D,10D,11D,14D,15D,20D,21D,22D,23D,24D,25D,26D. The molecule has 0 fully saturated rings. The molecule has 0 N–H and O–H groups in total. The molecule has 43 heavy (non-hydrogen) atoms. The molecule has 0 aliphatic rings. The maximum absolute atomic E-state index is 9.90. The van der Waals surface area contributed by atoms with Crippen molar-refractivity contribution in [3.63, 3.8) is 0 Å². The van der Waals surface area contributed by atoms with E-state index in [1.54, 1.807) is 72.8 Å². The lowest BCUT2D eigenvalue weighted by molar-refractivity contribution is 0.669. The van der Waals surface area contributed by atoms with Gasteiger partial charge in [0.1, 0.15) is 11.2 Å². The zero-order valence-corrected chi connectivity index (χ0v) is 22.4. The van der Waals surface area contributed by atoms with E-state index < -0.39 is 54.4 Å². The SMILES string of the molecule is [2H]c1c([2H])c([2H])c2c(oc3c([2H])c(-c4ccccc4)c([2H])c(-c4c5ccccc5c(-c5c([2H])c([2H])c6c([2H])c([2H])c([2H])c([2H])c6c5[2H])c5ccccc45)c32)c1[2H]. The summed E-state index contributed by atoms with van der Waals surface area (Å²) in [6.07, 6.45) is 0. The minimum absolute atomic E-state index is 0.0166. The summed E-state index contributed by atoms with van der Waals surface area (Å²) in [6.45, 7) is 0. The highest BCUT2D eigenvalue weighted by molar-refractivity contribution is 6.26. The predicted molar refractivity (Wildman–Crippen MR) is 183 cm³/mol. The van der Waals surface area contributed by atoms with E-state index in [2.05, 4.69) is 0 Å². The summed E-state index contributed by atoms with van der Waals surface area (Å²) in [5.41, 5.74) is 1.62. The van der Waals surface area contributed by atoms with Gasteiger partial charge in [-0.1, -0.05) is 133 Å². The van der Waals surface area contributed by atoms with Gasteiger partial charge >= 0.3 is 0 Å². The average molecular weight is 560 g/mol. The number of furan rings is 1. The number of rotatable bonds is 3. The molecule has 1 heterocycles. The molecule has 0 bridgehead atoms. The molecule has 0 aliphatic heterocycles. The first-order valence-corrected chi connectivity index (χ1v) is 13.7. The smallest absolute Gasteiger partial charge is 0.136 e. The molecular weight excluding hydrogens is 520 g/mol. The summed E-state index contributed by atoms with van der Waals surface area (Å²) in [5.74, 6) is 0. The highest BCUT2D eigenvalue weighted by atomic mass is 16.3. The normalized spacial score (nSPS) is 16.0. The molecule has 0 aliphatic carbocycles. The second-order valence-corrected chi connectivity index (χ2v) is 10.2. The first-order valence-electron chi connectivity index (χ1n) is 20.2. The van der Waals surface area contributed by atoms with Crippen molar-refractivity contribution in [2.75, 3.05) is 0 Å². The molecule has 0 amide bonds. The number of benzene rings is 8. The number of hydrogen-bond acceptors (Lipinski definition) is 1. The van der Waals surface area contributed by atoms with E-state index in [0.717, 1.165) is 0 Å². The molecule has 9 aromatic rings. The lowest BCUT2D eigenvalue weighted by Crippen LogP contribution is -1.92. The molecule has 1 nitrogen and oxygen atoms in total. The number of hydrogen-bond donors (Lipinski definition) is 0. The van der Waals surface area contributed by atoms with Gasteiger partial charge in [-0.2, -0.15) is 0 Å². The second kappa shape index (κ2) is 9.44. The van der Waals surface area contributed by atoms with Crippen molar-refractivity contribution in [1.82, 2.24) is 0 Å². The third-order valence-electron chi connectivity index (χ3n) is 7.82. The molecule has 1 heteroatoms. The quantitative estimate of drug-likeness (QED) is 0.196. The Hall–Kier alpha value is -5.66. The lowest BCUT2D eigenvalue weighted by atomic mass is 9.84. The van der Waals surface area contributed by atoms with Gasteiger partial charge in [-0.05, 0) is 89.9 Å². The first kappa shape index (κ1) is 14.5. The molecule has 1 aromatic heterocycles. The van der Waals surface area contributed by atoms with Crippen LogP contribution in [0.15, 0.2) is 162 Å². The van der Waals surface area contributed by atoms with Crippen molar-refractivity contribution in [3.05, 3.63) is 157 Å². The number of para-hydroxylation sites is 1. The van der Waals surface area contributed by atoms with Gasteiger partial charge in [-0.15, -0.1) is 0 Å². The first-order chi connectivity index (χ1) is 26.8. The molecule has 0 radical (unpaired) electrons. The van der Waals surface area contributed by atoms with Gasteiger partial charge in [0.25, 0.3) is 0 Å². The Morgan fingerprint density at radius 3 is 1.79 bits per heavy atom. The fraction of sp³-hybridized carbons (Fsp3) is 0. The van der Waals surface area contributed by atoms with Gasteiger partial charge in [-0.3, -0.25) is 0 Å². The van der Waals surface area contributed by atoms with Crippen molar-refractivity contribution < 1.29 is 22.2 Å². The molecule has 200 valence electrons. The van der Waals surface area contributed by atoms with E-state index in [9.17, 15) is 5.48 Å². The summed E-state index contributed by atoms with van der Waals surface area (Å²) < 4.78 is 122. The van der Waals surface area contributed by atoms with Crippen LogP contribution in [0.4, 0.5) is 0 Å². The van der Waals surface area contributed by atoms with Crippen molar-refractivity contribution >= 4 is 54.3 Å². The van der Waals surface area contributed by atoms with E-state index in [1.165, 1.54) is 0 Å². The van der Waals surface area contributed by atoms with Gasteiger partial charge in [0.2, 0.25) is 0 Å². The van der Waals surface area contributed by atoms with Crippen LogP contribution in [0.5, 0.6) is 0 Å². The summed E-state index contributed by atoms with van der Waals surface area (Å²) >= 11 is 0. The van der Waals surface area contributed by atoms with Crippen LogP contribution in [0, 0.1) is 0 Å². The largest absolute Gasteiger partial charge is 0.456 e. The molecule has 0 saturated carbocycles. The molecule has 0 atom stereocenters. The van der Waals surface area contributed by atoms with E-state index in [1.807, 2.05) is 6.07 Å². The zero-order valence-electron chi connectivity index (χ0n) is 35.4. The molecule has 0 saturated heterocycles. The van der Waals surface area contributed by atoms with E-state index in [0.29, 0.717) is 38.2 Å². The summed E-state index contributed by atoms with van der Waals surface area (Å²) in [7, 11) is 0. The van der Waals surface area contributed by atoms with Gasteiger partial charge in [0.15, 0.2) is 0 Å². The van der Waals surface area contributed by atoms with Crippen LogP contribution < -0.4 is 0 Å². The Morgan fingerprint density at radius 2 is 1.05 bits per heavy atom. The van der Waals surface area contributed by atoms with Gasteiger partial charge in [0, 0.05) is 10.8 Å². The van der Waals surface area contributed by atoms with Crippen molar-refractivity contribution in [2.24, 2.45) is 0 Å². The van der Waals surface area contributed by atoms with E-state index >= 15 is 0 Å². The second-order valence-electron chi connectivity index (χ2n) is 10.2. The Morgan fingerprint density at radius 1 is 0.419 bits per heavy atom. The van der Waals surface area contributed by atoms with Gasteiger partial charge in [-0.25, -0.2) is 0 Å². The van der Waals surface area contributed by atoms with Crippen LogP contribution in [0.2, 0.25) is 0 Å². The van der Waals surface area contributed by atoms with Crippen molar-refractivity contribution in [3.8, 4) is 33.4 Å². The van der Waals surface area contributed by atoms with Gasteiger partial charge in [0.05, 0.1) is 17.8 Å². The zero-order chi connectivity index (χ0) is 39.6. The van der Waals surface area contributed by atoms with Crippen LogP contribution in [0.3, 0.4) is 0 Å². The average Bonchev–Trinajstić information content (AvgIpc) is 3.61. The Labute approximate surface area is 267 Å². The van der Waals surface area contributed by atoms with Crippen molar-refractivity contribution in [2.45, 2.75) is 0 Å². The summed E-state index contributed by atoms with van der Waals surface area (Å²) in [5, 5.41) is 1.78. The van der Waals surface area contributed by atoms with Crippen LogP contribution in [-0.4, -0.2) is 0 Å². The molecule has 9 rings (SSSR count). The van der Waals surface area contributed by atoms with Crippen LogP contribution in [-0.2, 0) is 0 Å². The Balaban J connectivity index is 1.54. The van der Waals surface area contributed by atoms with E-state index in [-0.39, 0.29) is 73.6 Å². The Kier molecular flexibility index (Phi) is 3.18. The third-order valence-corrected chi connectivity index (χ3v) is 7.82. The highest BCUT2D eigenvalue weighted by Gasteiger charge is 2.21. The van der Waals surface area contributed by atoms with Crippen LogP contribution in [0.25, 0.3) is 87.6 Å².